The van der Waals surface area contributed by atoms with Gasteiger partial charge in [0.25, 0.3) is 0 Å². The molecule has 4 nitrogen and oxygen atoms in total. The number of para-hydroxylation sites is 2. The molecular weight excluding hydrogens is 333 g/mol. The number of hydrogen-bond acceptors (Lipinski definition) is 4. The summed E-state index contributed by atoms with van der Waals surface area (Å²) in [5, 5.41) is 19.4. The van der Waals surface area contributed by atoms with Gasteiger partial charge < -0.3 is 19.5 Å². The van der Waals surface area contributed by atoms with Crippen LogP contribution in [0.5, 0.6) is 0 Å². The molecule has 1 unspecified atom stereocenters. The van der Waals surface area contributed by atoms with Crippen molar-refractivity contribution in [3.8, 4) is 0 Å². The summed E-state index contributed by atoms with van der Waals surface area (Å²) in [5.41, 5.74) is 2.89. The van der Waals surface area contributed by atoms with Gasteiger partial charge >= 0.3 is 7.12 Å². The van der Waals surface area contributed by atoms with Gasteiger partial charge in [0.1, 0.15) is 6.26 Å². The van der Waals surface area contributed by atoms with E-state index < -0.39 is 18.3 Å². The normalized spacial score (nSPS) is 11.8. The molecule has 0 aliphatic heterocycles. The Kier molecular flexibility index (Phi) is 5.45. The molecule has 0 bridgehead atoms. The first kappa shape index (κ1) is 17.6. The number of hydrogen-bond donors (Lipinski definition) is 2. The maximum atomic E-state index is 11.9. The molecule has 0 aliphatic rings. The molecule has 3 aromatic carbocycles. The summed E-state index contributed by atoms with van der Waals surface area (Å²) in [6.45, 7) is 0. The van der Waals surface area contributed by atoms with Crippen LogP contribution in [0, 0.1) is 0 Å². The molecule has 0 radical (unpaired) electrons. The number of benzene rings is 3. The molecule has 0 amide bonds. The topological polar surface area (TPSA) is 66.8 Å². The van der Waals surface area contributed by atoms with Crippen molar-refractivity contribution < 1.29 is 14.6 Å². The highest BCUT2D eigenvalue weighted by Gasteiger charge is 2.24. The third-order valence-corrected chi connectivity index (χ3v) is 4.86. The van der Waals surface area contributed by atoms with Crippen molar-refractivity contribution >= 4 is 40.8 Å². The minimum atomic E-state index is -1.69. The van der Waals surface area contributed by atoms with Gasteiger partial charge in [0.15, 0.2) is 4.90 Å². The molecule has 0 spiro atoms. The van der Waals surface area contributed by atoms with Crippen LogP contribution in [0.1, 0.15) is 0 Å². The molecule has 126 valence electrons. The Morgan fingerprint density at radius 2 is 1.32 bits per heavy atom. The highest BCUT2D eigenvalue weighted by molar-refractivity contribution is 7.91. The Balaban J connectivity index is 2.16. The molecule has 3 aromatic rings. The summed E-state index contributed by atoms with van der Waals surface area (Å²) < 4.78 is 11.9. The number of anilines is 3. The smallest absolute Gasteiger partial charge is 0.493 e. The molecule has 25 heavy (non-hydrogen) atoms. The van der Waals surface area contributed by atoms with Gasteiger partial charge in [0, 0.05) is 22.5 Å². The third-order valence-electron chi connectivity index (χ3n) is 3.87. The van der Waals surface area contributed by atoms with Crippen molar-refractivity contribution in [2.75, 3.05) is 11.2 Å². The molecule has 0 aliphatic carbocycles. The summed E-state index contributed by atoms with van der Waals surface area (Å²) in [6.07, 6.45) is 1.52. The van der Waals surface area contributed by atoms with Crippen LogP contribution >= 0.6 is 0 Å². The van der Waals surface area contributed by atoms with E-state index in [-0.39, 0.29) is 5.46 Å². The second kappa shape index (κ2) is 7.76. The van der Waals surface area contributed by atoms with E-state index >= 15 is 0 Å². The van der Waals surface area contributed by atoms with Gasteiger partial charge in [-0.05, 0) is 53.6 Å². The van der Waals surface area contributed by atoms with E-state index in [0.29, 0.717) is 4.90 Å². The van der Waals surface area contributed by atoms with Crippen molar-refractivity contribution in [3.63, 3.8) is 0 Å². The van der Waals surface area contributed by atoms with Crippen LogP contribution in [-0.4, -0.2) is 28.0 Å². The lowest BCUT2D eigenvalue weighted by Crippen LogP contribution is -2.34. The summed E-state index contributed by atoms with van der Waals surface area (Å²) >= 11 is -1.31. The van der Waals surface area contributed by atoms with Crippen LogP contribution < -0.4 is 10.4 Å². The minimum Gasteiger partial charge on any atom is -0.612 e. The van der Waals surface area contributed by atoms with Gasteiger partial charge in [0.05, 0.1) is 0 Å². The predicted octanol–water partition coefficient (Wildman–Crippen LogP) is 2.57. The molecule has 6 heteroatoms. The van der Waals surface area contributed by atoms with Gasteiger partial charge in [-0.2, -0.15) is 0 Å². The van der Waals surface area contributed by atoms with E-state index in [4.69, 9.17) is 0 Å². The van der Waals surface area contributed by atoms with E-state index in [9.17, 15) is 14.6 Å². The zero-order chi connectivity index (χ0) is 17.8. The predicted molar refractivity (Wildman–Crippen MR) is 103 cm³/mol. The first-order valence-electron chi connectivity index (χ1n) is 7.81. The Bertz CT molecular complexity index is 789. The van der Waals surface area contributed by atoms with Crippen molar-refractivity contribution in [1.82, 2.24) is 0 Å². The summed E-state index contributed by atoms with van der Waals surface area (Å²) in [7, 11) is -1.69. The number of nitrogens with zero attached hydrogens (tertiary/aromatic N) is 1. The van der Waals surface area contributed by atoms with Crippen LogP contribution in [0.4, 0.5) is 17.1 Å². The summed E-state index contributed by atoms with van der Waals surface area (Å²) in [6, 6.07) is 24.8. The SMILES string of the molecule is C[S+]([O-])c1ccc(N(c2ccccc2)c2ccccc2)cc1B(O)O. The van der Waals surface area contributed by atoms with Crippen molar-refractivity contribution in [1.29, 1.82) is 0 Å². The first-order valence-corrected chi connectivity index (χ1v) is 9.37. The van der Waals surface area contributed by atoms with Crippen LogP contribution in [0.2, 0.25) is 0 Å². The average Bonchev–Trinajstić information content (AvgIpc) is 2.63. The molecule has 0 fully saturated rings. The summed E-state index contributed by atoms with van der Waals surface area (Å²) in [4.78, 5) is 2.42. The largest absolute Gasteiger partial charge is 0.612 e. The number of rotatable bonds is 5. The standard InChI is InChI=1S/C19H18BNO3S/c1-25(24)19-13-12-17(14-18(19)20(22)23)21(15-8-4-2-5-9-15)16-10-6-3-7-11-16/h2-14,22-23H,1H3. The average molecular weight is 351 g/mol. The molecule has 3 rings (SSSR count). The van der Waals surface area contributed by atoms with Crippen molar-refractivity contribution in [2.24, 2.45) is 0 Å². The fraction of sp³-hybridized carbons (Fsp3) is 0.0526. The second-order valence-electron chi connectivity index (χ2n) is 5.56. The Morgan fingerprint density at radius 1 is 0.800 bits per heavy atom. The fourth-order valence-corrected chi connectivity index (χ4v) is 3.50. The minimum absolute atomic E-state index is 0.246. The monoisotopic (exact) mass is 351 g/mol. The second-order valence-corrected chi connectivity index (χ2v) is 6.90. The van der Waals surface area contributed by atoms with Gasteiger partial charge in [-0.15, -0.1) is 0 Å². The first-order chi connectivity index (χ1) is 12.1. The molecular formula is C19H18BNO3S. The molecule has 0 heterocycles. The van der Waals surface area contributed by atoms with Crippen LogP contribution in [0.25, 0.3) is 0 Å². The highest BCUT2D eigenvalue weighted by atomic mass is 32.2. The van der Waals surface area contributed by atoms with E-state index in [1.54, 1.807) is 12.1 Å². The molecule has 0 saturated carbocycles. The van der Waals surface area contributed by atoms with E-state index in [2.05, 4.69) is 0 Å². The van der Waals surface area contributed by atoms with E-state index in [1.165, 1.54) is 6.26 Å². The Labute approximate surface area is 150 Å². The fourth-order valence-electron chi connectivity index (χ4n) is 2.74. The quantitative estimate of drug-likeness (QED) is 0.548. The van der Waals surface area contributed by atoms with E-state index in [0.717, 1.165) is 17.1 Å². The van der Waals surface area contributed by atoms with Crippen LogP contribution in [-0.2, 0) is 11.2 Å². The Morgan fingerprint density at radius 3 is 1.76 bits per heavy atom. The summed E-state index contributed by atoms with van der Waals surface area (Å²) in [5.74, 6) is 0. The van der Waals surface area contributed by atoms with Crippen LogP contribution in [0.3, 0.4) is 0 Å². The Hall–Kier alpha value is -2.25. The van der Waals surface area contributed by atoms with E-state index in [1.807, 2.05) is 71.6 Å². The molecule has 0 aromatic heterocycles. The van der Waals surface area contributed by atoms with Gasteiger partial charge in [-0.3, -0.25) is 0 Å². The maximum absolute atomic E-state index is 11.9. The lowest BCUT2D eigenvalue weighted by Gasteiger charge is -2.26. The zero-order valence-electron chi connectivity index (χ0n) is 13.7. The lowest BCUT2D eigenvalue weighted by atomic mass is 9.80. The zero-order valence-corrected chi connectivity index (χ0v) is 14.6. The van der Waals surface area contributed by atoms with Gasteiger partial charge in [0.2, 0.25) is 0 Å². The highest BCUT2D eigenvalue weighted by Crippen LogP contribution is 2.34. The molecule has 0 saturated heterocycles. The van der Waals surface area contributed by atoms with Gasteiger partial charge in [-0.25, -0.2) is 0 Å². The molecule has 2 N–H and O–H groups in total. The molecule has 1 atom stereocenters. The van der Waals surface area contributed by atoms with Crippen molar-refractivity contribution in [3.05, 3.63) is 78.9 Å². The maximum Gasteiger partial charge on any atom is 0.493 e. The van der Waals surface area contributed by atoms with Gasteiger partial charge in [-0.1, -0.05) is 36.4 Å². The van der Waals surface area contributed by atoms with Crippen LogP contribution in [0.15, 0.2) is 83.8 Å². The third kappa shape index (κ3) is 3.88. The lowest BCUT2D eigenvalue weighted by molar-refractivity contribution is 0.424. The van der Waals surface area contributed by atoms with Crippen molar-refractivity contribution in [2.45, 2.75) is 4.90 Å².